The molecule has 1 heterocycles. The molecule has 254 valence electrons. The van der Waals surface area contributed by atoms with Gasteiger partial charge in [-0.3, -0.25) is 0 Å². The molecule has 0 atom stereocenters. The number of halogens is 17. The largest absolute Gasteiger partial charge is 0.460 e. The molecule has 22 heteroatoms. The standard InChI is InChI=1S/C22H18F17NO3S/c1-12-2-4-14(5-3-12)44(41,42)40(10-13-6-9-43-11-13)8-7-15(23,24)16(25,26)17(27,28)18(29,30)19(31,32)20(33,34)21(35,36)22(37,38)39/h2-6H,7-11H2,1H3. The molecule has 1 aliphatic rings. The normalized spacial score (nSPS) is 16.9. The van der Waals surface area contributed by atoms with E-state index in [4.69, 9.17) is 4.74 Å². The van der Waals surface area contributed by atoms with Crippen molar-refractivity contribution in [2.24, 2.45) is 0 Å². The fourth-order valence-corrected chi connectivity index (χ4v) is 4.97. The van der Waals surface area contributed by atoms with Gasteiger partial charge in [-0.25, -0.2) is 8.42 Å². The molecule has 44 heavy (non-hydrogen) atoms. The molecular weight excluding hydrogens is 681 g/mol. The van der Waals surface area contributed by atoms with Gasteiger partial charge in [0.15, 0.2) is 0 Å². The summed E-state index contributed by atoms with van der Waals surface area (Å²) in [4.78, 5) is -0.693. The summed E-state index contributed by atoms with van der Waals surface area (Å²) in [6, 6.07) is 4.12. The zero-order chi connectivity index (χ0) is 34.6. The zero-order valence-corrected chi connectivity index (χ0v) is 22.2. The average Bonchev–Trinajstić information content (AvgIpc) is 3.38. The van der Waals surface area contributed by atoms with Crippen molar-refractivity contribution < 1.29 is 87.8 Å². The van der Waals surface area contributed by atoms with Crippen LogP contribution < -0.4 is 0 Å². The minimum absolute atomic E-state index is 0.0138. The molecule has 0 saturated heterocycles. The molecule has 0 radical (unpaired) electrons. The third-order valence-corrected chi connectivity index (χ3v) is 8.14. The van der Waals surface area contributed by atoms with E-state index in [0.717, 1.165) is 12.1 Å². The number of benzene rings is 1. The van der Waals surface area contributed by atoms with Gasteiger partial charge in [0.05, 0.1) is 18.1 Å². The average molecular weight is 699 g/mol. The van der Waals surface area contributed by atoms with Crippen LogP contribution in [0.1, 0.15) is 12.0 Å². The summed E-state index contributed by atoms with van der Waals surface area (Å²) in [5.74, 6) is -57.4. The molecule has 0 N–H and O–H groups in total. The van der Waals surface area contributed by atoms with Gasteiger partial charge in [0.1, 0.15) is 0 Å². The SMILES string of the molecule is Cc1ccc(S(=O)(=O)N(CCC(F)(F)C(F)(F)C(F)(F)C(F)(F)C(F)(F)C(F)(F)C(F)(F)C(F)(F)F)CC2=CCOC2)cc1. The van der Waals surface area contributed by atoms with Crippen LogP contribution in [0.5, 0.6) is 0 Å². The Kier molecular flexibility index (Phi) is 9.85. The van der Waals surface area contributed by atoms with Crippen molar-refractivity contribution in [1.29, 1.82) is 0 Å². The van der Waals surface area contributed by atoms with Gasteiger partial charge < -0.3 is 4.74 Å². The summed E-state index contributed by atoms with van der Waals surface area (Å²) >= 11 is 0. The topological polar surface area (TPSA) is 46.6 Å². The molecule has 0 fully saturated rings. The molecule has 4 nitrogen and oxygen atoms in total. The first-order valence-electron chi connectivity index (χ1n) is 11.5. The molecule has 2 rings (SSSR count). The van der Waals surface area contributed by atoms with E-state index >= 15 is 0 Å². The van der Waals surface area contributed by atoms with E-state index < -0.39 is 82.1 Å². The Morgan fingerprint density at radius 2 is 1.11 bits per heavy atom. The summed E-state index contributed by atoms with van der Waals surface area (Å²) in [5.41, 5.74) is 0.437. The molecule has 0 bridgehead atoms. The third-order valence-electron chi connectivity index (χ3n) is 6.28. The summed E-state index contributed by atoms with van der Waals surface area (Å²) in [5, 5.41) is 0. The number of hydrogen-bond donors (Lipinski definition) is 0. The maximum atomic E-state index is 14.5. The summed E-state index contributed by atoms with van der Waals surface area (Å²) in [6.45, 7) is -1.97. The minimum atomic E-state index is -8.74. The number of sulfonamides is 1. The summed E-state index contributed by atoms with van der Waals surface area (Å²) in [6.07, 6.45) is -9.58. The van der Waals surface area contributed by atoms with E-state index in [1.54, 1.807) is 0 Å². The Bertz CT molecular complexity index is 1320. The Labute approximate surface area is 236 Å². The van der Waals surface area contributed by atoms with E-state index in [1.165, 1.54) is 25.1 Å². The Morgan fingerprint density at radius 3 is 1.52 bits per heavy atom. The maximum Gasteiger partial charge on any atom is 0.460 e. The van der Waals surface area contributed by atoms with E-state index in [1.807, 2.05) is 0 Å². The van der Waals surface area contributed by atoms with Crippen LogP contribution >= 0.6 is 0 Å². The summed E-state index contributed by atoms with van der Waals surface area (Å²) < 4.78 is 261. The van der Waals surface area contributed by atoms with Crippen LogP contribution in [0.4, 0.5) is 74.6 Å². The Hall–Kier alpha value is -2.36. The molecule has 0 unspecified atom stereocenters. The lowest BCUT2D eigenvalue weighted by Gasteiger charge is -2.43. The van der Waals surface area contributed by atoms with Gasteiger partial charge in [-0.1, -0.05) is 23.8 Å². The maximum absolute atomic E-state index is 14.5. The third kappa shape index (κ3) is 5.96. The number of nitrogens with zero attached hydrogens (tertiary/aromatic N) is 1. The molecule has 1 aliphatic heterocycles. The molecule has 0 spiro atoms. The number of alkyl halides is 17. The molecule has 1 aromatic rings. The van der Waals surface area contributed by atoms with E-state index in [2.05, 4.69) is 0 Å². The van der Waals surface area contributed by atoms with Gasteiger partial charge >= 0.3 is 47.6 Å². The Balaban J connectivity index is 2.51. The van der Waals surface area contributed by atoms with Gasteiger partial charge in [-0.05, 0) is 24.6 Å². The van der Waals surface area contributed by atoms with Gasteiger partial charge in [0, 0.05) is 19.5 Å². The van der Waals surface area contributed by atoms with Crippen molar-refractivity contribution in [3.63, 3.8) is 0 Å². The smallest absolute Gasteiger partial charge is 0.373 e. The number of hydrogen-bond acceptors (Lipinski definition) is 3. The van der Waals surface area contributed by atoms with Crippen molar-refractivity contribution >= 4 is 10.0 Å². The zero-order valence-electron chi connectivity index (χ0n) is 21.4. The Morgan fingerprint density at radius 1 is 0.682 bits per heavy atom. The van der Waals surface area contributed by atoms with Crippen molar-refractivity contribution in [1.82, 2.24) is 4.31 Å². The first-order chi connectivity index (χ1) is 19.4. The molecular formula is C22H18F17NO3S. The minimum Gasteiger partial charge on any atom is -0.373 e. The lowest BCUT2D eigenvalue weighted by molar-refractivity contribution is -0.461. The number of aryl methyl sites for hydroxylation is 1. The highest BCUT2D eigenvalue weighted by atomic mass is 32.2. The second-order valence-corrected chi connectivity index (χ2v) is 11.4. The van der Waals surface area contributed by atoms with Crippen molar-refractivity contribution in [2.75, 3.05) is 26.3 Å². The van der Waals surface area contributed by atoms with E-state index in [-0.39, 0.29) is 23.1 Å². The highest BCUT2D eigenvalue weighted by Crippen LogP contribution is 2.64. The molecule has 0 saturated carbocycles. The lowest BCUT2D eigenvalue weighted by atomic mass is 9.88. The molecule has 0 amide bonds. The van der Waals surface area contributed by atoms with E-state index in [9.17, 15) is 83.1 Å². The van der Waals surface area contributed by atoms with Crippen LogP contribution in [0, 0.1) is 6.92 Å². The van der Waals surface area contributed by atoms with Crippen LogP contribution in [0.15, 0.2) is 40.8 Å². The molecule has 0 aromatic heterocycles. The monoisotopic (exact) mass is 699 g/mol. The van der Waals surface area contributed by atoms with Crippen LogP contribution in [0.25, 0.3) is 0 Å². The fraction of sp³-hybridized carbons (Fsp3) is 0.636. The van der Waals surface area contributed by atoms with Gasteiger partial charge in [0.25, 0.3) is 0 Å². The van der Waals surface area contributed by atoms with Gasteiger partial charge in [-0.15, -0.1) is 0 Å². The van der Waals surface area contributed by atoms with Gasteiger partial charge in [0.2, 0.25) is 10.0 Å². The van der Waals surface area contributed by atoms with Crippen LogP contribution in [-0.2, 0) is 14.8 Å². The lowest BCUT2D eigenvalue weighted by Crippen LogP contribution is -2.74. The quantitative estimate of drug-likeness (QED) is 0.160. The second kappa shape index (κ2) is 11.5. The highest BCUT2D eigenvalue weighted by molar-refractivity contribution is 7.89. The highest BCUT2D eigenvalue weighted by Gasteiger charge is 2.95. The molecule has 1 aromatic carbocycles. The summed E-state index contributed by atoms with van der Waals surface area (Å²) in [7, 11) is -5.00. The van der Waals surface area contributed by atoms with Gasteiger partial charge in [-0.2, -0.15) is 78.9 Å². The number of rotatable bonds is 13. The molecule has 0 aliphatic carbocycles. The van der Waals surface area contributed by atoms with Crippen LogP contribution in [0.3, 0.4) is 0 Å². The van der Waals surface area contributed by atoms with Crippen LogP contribution in [0.2, 0.25) is 0 Å². The fourth-order valence-electron chi connectivity index (χ4n) is 3.52. The number of ether oxygens (including phenoxy) is 1. The van der Waals surface area contributed by atoms with Crippen molar-refractivity contribution in [3.05, 3.63) is 41.5 Å². The van der Waals surface area contributed by atoms with Crippen LogP contribution in [-0.4, -0.2) is 86.7 Å². The second-order valence-electron chi connectivity index (χ2n) is 9.43. The van der Waals surface area contributed by atoms with Crippen molar-refractivity contribution in [3.8, 4) is 0 Å². The van der Waals surface area contributed by atoms with E-state index in [0.29, 0.717) is 5.56 Å². The predicted molar refractivity (Wildman–Crippen MR) is 114 cm³/mol. The first kappa shape index (κ1) is 37.8. The first-order valence-corrected chi connectivity index (χ1v) is 12.9. The predicted octanol–water partition coefficient (Wildman–Crippen LogP) is 7.34. The van der Waals surface area contributed by atoms with Crippen molar-refractivity contribution in [2.45, 2.75) is 65.9 Å².